The summed E-state index contributed by atoms with van der Waals surface area (Å²) in [6, 6.07) is 14.5. The van der Waals surface area contributed by atoms with Gasteiger partial charge in [0, 0.05) is 0 Å². The van der Waals surface area contributed by atoms with Crippen LogP contribution in [0.1, 0.15) is 11.1 Å². The molecule has 0 spiro atoms. The van der Waals surface area contributed by atoms with E-state index in [0.717, 1.165) is 11.3 Å². The zero-order chi connectivity index (χ0) is 16.7. The van der Waals surface area contributed by atoms with Crippen LogP contribution in [0.15, 0.2) is 60.7 Å². The van der Waals surface area contributed by atoms with Crippen LogP contribution in [0.3, 0.4) is 0 Å². The zero-order valence-electron chi connectivity index (χ0n) is 13.0. The van der Waals surface area contributed by atoms with E-state index in [4.69, 9.17) is 9.47 Å². The fourth-order valence-corrected chi connectivity index (χ4v) is 2.08. The van der Waals surface area contributed by atoms with Crippen LogP contribution in [0, 0.1) is 0 Å². The molecule has 4 nitrogen and oxygen atoms in total. The average Bonchev–Trinajstić information content (AvgIpc) is 2.58. The second-order valence-electron chi connectivity index (χ2n) is 4.75. The number of hydrogen-bond acceptors (Lipinski definition) is 3. The van der Waals surface area contributed by atoms with E-state index in [9.17, 15) is 9.90 Å². The normalized spacial score (nSPS) is 11.5. The summed E-state index contributed by atoms with van der Waals surface area (Å²) in [6.07, 6.45) is 5.10. The number of rotatable bonds is 6. The van der Waals surface area contributed by atoms with E-state index in [1.165, 1.54) is 0 Å². The first kappa shape index (κ1) is 16.4. The topological polar surface area (TPSA) is 55.8 Å². The van der Waals surface area contributed by atoms with E-state index >= 15 is 0 Å². The predicted octanol–water partition coefficient (Wildman–Crippen LogP) is 3.89. The largest absolute Gasteiger partial charge is 0.497 e. The van der Waals surface area contributed by atoms with Crippen molar-refractivity contribution in [2.75, 3.05) is 14.2 Å². The van der Waals surface area contributed by atoms with Gasteiger partial charge in [0.05, 0.1) is 19.8 Å². The van der Waals surface area contributed by atoms with Crippen molar-refractivity contribution in [1.29, 1.82) is 0 Å². The molecule has 0 saturated carbocycles. The minimum absolute atomic E-state index is 0.197. The van der Waals surface area contributed by atoms with Crippen LogP contribution < -0.4 is 9.47 Å². The summed E-state index contributed by atoms with van der Waals surface area (Å²) in [7, 11) is 3.15. The summed E-state index contributed by atoms with van der Waals surface area (Å²) < 4.78 is 10.3. The third-order valence-corrected chi connectivity index (χ3v) is 3.26. The van der Waals surface area contributed by atoms with Crippen molar-refractivity contribution in [2.24, 2.45) is 0 Å². The molecule has 0 radical (unpaired) electrons. The molecular formula is C19H18O4. The van der Waals surface area contributed by atoms with Gasteiger partial charge in [-0.3, -0.25) is 0 Å². The maximum Gasteiger partial charge on any atom is 0.336 e. The van der Waals surface area contributed by atoms with Crippen LogP contribution in [0.2, 0.25) is 0 Å². The Balaban J connectivity index is 2.28. The number of methoxy groups -OCH3 is 2. The third-order valence-electron chi connectivity index (χ3n) is 3.26. The lowest BCUT2D eigenvalue weighted by atomic mass is 10.0. The molecule has 0 fully saturated rings. The molecule has 118 valence electrons. The first-order valence-corrected chi connectivity index (χ1v) is 7.04. The van der Waals surface area contributed by atoms with E-state index in [0.29, 0.717) is 11.3 Å². The van der Waals surface area contributed by atoms with E-state index in [-0.39, 0.29) is 5.57 Å². The molecule has 1 N–H and O–H groups in total. The van der Waals surface area contributed by atoms with E-state index in [1.54, 1.807) is 50.6 Å². The molecule has 0 aliphatic carbocycles. The summed E-state index contributed by atoms with van der Waals surface area (Å²) in [5, 5.41) is 9.41. The minimum Gasteiger partial charge on any atom is -0.497 e. The molecule has 0 aliphatic rings. The number of benzene rings is 2. The van der Waals surface area contributed by atoms with Crippen molar-refractivity contribution in [3.8, 4) is 11.5 Å². The fourth-order valence-electron chi connectivity index (χ4n) is 2.08. The molecule has 2 rings (SSSR count). The molecule has 2 aromatic rings. The molecular weight excluding hydrogens is 292 g/mol. The van der Waals surface area contributed by atoms with Crippen molar-refractivity contribution in [3.63, 3.8) is 0 Å². The summed E-state index contributed by atoms with van der Waals surface area (Å²) in [4.78, 5) is 11.5. The molecule has 2 aromatic carbocycles. The second-order valence-corrected chi connectivity index (χ2v) is 4.75. The highest BCUT2D eigenvalue weighted by Crippen LogP contribution is 2.21. The number of carboxylic acid groups (broad SMARTS) is 1. The van der Waals surface area contributed by atoms with Gasteiger partial charge >= 0.3 is 5.97 Å². The van der Waals surface area contributed by atoms with Crippen molar-refractivity contribution in [3.05, 3.63) is 71.8 Å². The van der Waals surface area contributed by atoms with Crippen LogP contribution in [0.25, 0.3) is 11.6 Å². The molecule has 0 atom stereocenters. The van der Waals surface area contributed by atoms with Crippen molar-refractivity contribution in [1.82, 2.24) is 0 Å². The smallest absolute Gasteiger partial charge is 0.336 e. The fraction of sp³-hybridized carbons (Fsp3) is 0.105. The van der Waals surface area contributed by atoms with Crippen LogP contribution in [-0.4, -0.2) is 25.3 Å². The van der Waals surface area contributed by atoms with Crippen LogP contribution >= 0.6 is 0 Å². The lowest BCUT2D eigenvalue weighted by Crippen LogP contribution is -1.99. The Labute approximate surface area is 135 Å². The molecule has 0 amide bonds. The van der Waals surface area contributed by atoms with E-state index in [2.05, 4.69) is 0 Å². The standard InChI is InChI=1S/C19H18O4/c1-22-16-9-3-6-14(12-16)7-4-11-18(19(20)21)15-8-5-10-17(13-15)23-2/h3-13H,1-2H3,(H,20,21)/b7-4+,18-11+. The quantitative estimate of drug-likeness (QED) is 0.650. The summed E-state index contributed by atoms with van der Waals surface area (Å²) in [5.41, 5.74) is 1.71. The molecule has 23 heavy (non-hydrogen) atoms. The summed E-state index contributed by atoms with van der Waals surface area (Å²) >= 11 is 0. The third kappa shape index (κ3) is 4.48. The highest BCUT2D eigenvalue weighted by Gasteiger charge is 2.09. The maximum atomic E-state index is 11.5. The Morgan fingerprint density at radius 1 is 1.00 bits per heavy atom. The van der Waals surface area contributed by atoms with E-state index in [1.807, 2.05) is 30.3 Å². The molecule has 0 heterocycles. The van der Waals surface area contributed by atoms with Gasteiger partial charge in [-0.25, -0.2) is 4.79 Å². The van der Waals surface area contributed by atoms with Gasteiger partial charge in [-0.1, -0.05) is 36.4 Å². The van der Waals surface area contributed by atoms with Gasteiger partial charge in [0.2, 0.25) is 0 Å². The molecule has 0 aliphatic heterocycles. The second kappa shape index (κ2) is 7.84. The minimum atomic E-state index is -0.992. The highest BCUT2D eigenvalue weighted by molar-refractivity contribution is 6.15. The van der Waals surface area contributed by atoms with Crippen LogP contribution in [0.5, 0.6) is 11.5 Å². The van der Waals surface area contributed by atoms with E-state index < -0.39 is 5.97 Å². The lowest BCUT2D eigenvalue weighted by molar-refractivity contribution is -0.130. The lowest BCUT2D eigenvalue weighted by Gasteiger charge is -2.04. The number of aliphatic carboxylic acids is 1. The number of carbonyl (C=O) groups is 1. The monoisotopic (exact) mass is 310 g/mol. The first-order chi connectivity index (χ1) is 11.1. The van der Waals surface area contributed by atoms with Gasteiger partial charge in [-0.2, -0.15) is 0 Å². The molecule has 4 heteroatoms. The molecule has 0 bridgehead atoms. The Hall–Kier alpha value is -3.01. The zero-order valence-corrected chi connectivity index (χ0v) is 13.0. The molecule has 0 aromatic heterocycles. The van der Waals surface area contributed by atoms with Gasteiger partial charge in [0.25, 0.3) is 0 Å². The number of allylic oxidation sites excluding steroid dienone is 2. The highest BCUT2D eigenvalue weighted by atomic mass is 16.5. The first-order valence-electron chi connectivity index (χ1n) is 7.04. The Kier molecular flexibility index (Phi) is 5.58. The van der Waals surface area contributed by atoms with Crippen molar-refractivity contribution in [2.45, 2.75) is 0 Å². The average molecular weight is 310 g/mol. The Bertz CT molecular complexity index is 745. The molecule has 0 saturated heterocycles. The van der Waals surface area contributed by atoms with Gasteiger partial charge in [0.1, 0.15) is 11.5 Å². The van der Waals surface area contributed by atoms with Gasteiger partial charge in [-0.05, 0) is 41.5 Å². The molecule has 0 unspecified atom stereocenters. The van der Waals surface area contributed by atoms with Crippen molar-refractivity contribution >= 4 is 17.6 Å². The Morgan fingerprint density at radius 3 is 2.30 bits per heavy atom. The van der Waals surface area contributed by atoms with Gasteiger partial charge in [-0.15, -0.1) is 0 Å². The number of carboxylic acids is 1. The SMILES string of the molecule is COc1cccc(/C=C/C=C(/C(=O)O)c2cccc(OC)c2)c1. The van der Waals surface area contributed by atoms with Gasteiger partial charge in [0.15, 0.2) is 0 Å². The van der Waals surface area contributed by atoms with Gasteiger partial charge < -0.3 is 14.6 Å². The number of ether oxygens (including phenoxy) is 2. The van der Waals surface area contributed by atoms with Crippen molar-refractivity contribution < 1.29 is 19.4 Å². The number of hydrogen-bond donors (Lipinski definition) is 1. The summed E-state index contributed by atoms with van der Waals surface area (Å²) in [5.74, 6) is 0.377. The summed E-state index contributed by atoms with van der Waals surface area (Å²) in [6.45, 7) is 0. The maximum absolute atomic E-state index is 11.5. The predicted molar refractivity (Wildman–Crippen MR) is 90.6 cm³/mol. The Morgan fingerprint density at radius 2 is 1.65 bits per heavy atom. The van der Waals surface area contributed by atoms with Crippen LogP contribution in [0.4, 0.5) is 0 Å². The van der Waals surface area contributed by atoms with Crippen LogP contribution in [-0.2, 0) is 4.79 Å².